The SMILES string of the molecule is NC(=O)c1cc(F)c(NC2CCCC[C@@H]2N)nc1Nc1ccnc(-c2ccccc2)c1F. The average molecular weight is 438 g/mol. The second-order valence-corrected chi connectivity index (χ2v) is 7.79. The van der Waals surface area contributed by atoms with E-state index in [0.29, 0.717) is 5.56 Å². The topological polar surface area (TPSA) is 119 Å². The Hall–Kier alpha value is -3.59. The summed E-state index contributed by atoms with van der Waals surface area (Å²) in [5, 5.41) is 5.82. The number of halogens is 2. The Bertz CT molecular complexity index is 1120. The van der Waals surface area contributed by atoms with Gasteiger partial charge in [0.15, 0.2) is 17.5 Å². The summed E-state index contributed by atoms with van der Waals surface area (Å²) in [6, 6.07) is 10.9. The predicted octanol–water partition coefficient (Wildman–Crippen LogP) is 3.95. The minimum Gasteiger partial charge on any atom is -0.365 e. The van der Waals surface area contributed by atoms with E-state index in [1.54, 1.807) is 24.3 Å². The number of amides is 1. The van der Waals surface area contributed by atoms with Gasteiger partial charge in [0.1, 0.15) is 11.5 Å². The summed E-state index contributed by atoms with van der Waals surface area (Å²) in [4.78, 5) is 20.3. The Morgan fingerprint density at radius 3 is 2.53 bits per heavy atom. The molecule has 1 aliphatic rings. The van der Waals surface area contributed by atoms with Crippen molar-refractivity contribution in [3.8, 4) is 11.3 Å². The third kappa shape index (κ3) is 4.52. The molecule has 2 heterocycles. The second kappa shape index (κ2) is 9.27. The summed E-state index contributed by atoms with van der Waals surface area (Å²) in [6.45, 7) is 0. The molecule has 2 atom stereocenters. The van der Waals surface area contributed by atoms with E-state index in [2.05, 4.69) is 20.6 Å². The van der Waals surface area contributed by atoms with Crippen LogP contribution in [-0.2, 0) is 0 Å². The minimum absolute atomic E-state index is 0.0285. The summed E-state index contributed by atoms with van der Waals surface area (Å²) < 4.78 is 29.9. The van der Waals surface area contributed by atoms with Crippen molar-refractivity contribution in [3.05, 3.63) is 65.9 Å². The molecule has 1 amide bonds. The van der Waals surface area contributed by atoms with Gasteiger partial charge in [-0.2, -0.15) is 0 Å². The lowest BCUT2D eigenvalue weighted by Gasteiger charge is -2.30. The van der Waals surface area contributed by atoms with Crippen LogP contribution in [0.3, 0.4) is 0 Å². The van der Waals surface area contributed by atoms with E-state index < -0.39 is 17.5 Å². The van der Waals surface area contributed by atoms with E-state index in [1.165, 1.54) is 12.3 Å². The van der Waals surface area contributed by atoms with Crippen LogP contribution in [0, 0.1) is 11.6 Å². The molecule has 0 aliphatic heterocycles. The van der Waals surface area contributed by atoms with Gasteiger partial charge in [-0.15, -0.1) is 0 Å². The van der Waals surface area contributed by atoms with Gasteiger partial charge in [-0.25, -0.2) is 13.8 Å². The Kier molecular flexibility index (Phi) is 6.27. The number of nitrogens with zero attached hydrogens (tertiary/aromatic N) is 2. The number of aromatic nitrogens is 2. The Balaban J connectivity index is 1.69. The molecule has 1 aliphatic carbocycles. The number of benzene rings is 1. The molecule has 3 aromatic rings. The summed E-state index contributed by atoms with van der Waals surface area (Å²) in [6.07, 6.45) is 5.04. The lowest BCUT2D eigenvalue weighted by atomic mass is 9.91. The van der Waals surface area contributed by atoms with Gasteiger partial charge in [-0.3, -0.25) is 9.78 Å². The molecule has 0 saturated heterocycles. The number of pyridine rings is 2. The Labute approximate surface area is 184 Å². The van der Waals surface area contributed by atoms with Crippen molar-refractivity contribution in [3.63, 3.8) is 0 Å². The summed E-state index contributed by atoms with van der Waals surface area (Å²) >= 11 is 0. The van der Waals surface area contributed by atoms with Crippen LogP contribution in [0.4, 0.5) is 26.1 Å². The summed E-state index contributed by atoms with van der Waals surface area (Å²) in [7, 11) is 0. The highest BCUT2D eigenvalue weighted by Gasteiger charge is 2.25. The maximum absolute atomic E-state index is 15.2. The molecule has 0 spiro atoms. The van der Waals surface area contributed by atoms with E-state index in [9.17, 15) is 9.18 Å². The zero-order valence-corrected chi connectivity index (χ0v) is 17.3. The molecule has 1 saturated carbocycles. The largest absolute Gasteiger partial charge is 0.365 e. The van der Waals surface area contributed by atoms with Crippen molar-refractivity contribution in [2.75, 3.05) is 10.6 Å². The quantitative estimate of drug-likeness (QED) is 0.463. The standard InChI is InChI=1S/C23H24F2N6O/c24-15-12-14(21(27)32)22(31-23(15)29-17-9-5-4-8-16(17)26)30-18-10-11-28-20(19(18)25)13-6-2-1-3-7-13/h1-3,6-7,10-12,16-17H,4-5,8-9,26H2,(H2,27,32)(H2,28,29,30,31)/t16-,17?/m0/s1. The van der Waals surface area contributed by atoms with E-state index >= 15 is 4.39 Å². The Morgan fingerprint density at radius 2 is 1.81 bits per heavy atom. The van der Waals surface area contributed by atoms with Crippen molar-refractivity contribution >= 4 is 23.2 Å². The van der Waals surface area contributed by atoms with Crippen LogP contribution < -0.4 is 22.1 Å². The van der Waals surface area contributed by atoms with Gasteiger partial charge in [-0.1, -0.05) is 43.2 Å². The number of anilines is 3. The van der Waals surface area contributed by atoms with Crippen molar-refractivity contribution in [1.29, 1.82) is 0 Å². The van der Waals surface area contributed by atoms with Crippen LogP contribution in [0.25, 0.3) is 11.3 Å². The number of hydrogen-bond acceptors (Lipinski definition) is 6. The first-order valence-electron chi connectivity index (χ1n) is 10.4. The van der Waals surface area contributed by atoms with Crippen molar-refractivity contribution < 1.29 is 13.6 Å². The fraction of sp³-hybridized carbons (Fsp3) is 0.261. The van der Waals surface area contributed by atoms with Crippen molar-refractivity contribution in [2.45, 2.75) is 37.8 Å². The first kappa shape index (κ1) is 21.6. The molecule has 1 unspecified atom stereocenters. The van der Waals surface area contributed by atoms with Crippen LogP contribution in [0.2, 0.25) is 0 Å². The van der Waals surface area contributed by atoms with E-state index in [1.807, 2.05) is 6.07 Å². The molecule has 0 bridgehead atoms. The number of nitrogens with two attached hydrogens (primary N) is 2. The number of hydrogen-bond donors (Lipinski definition) is 4. The molecule has 32 heavy (non-hydrogen) atoms. The zero-order chi connectivity index (χ0) is 22.7. The maximum Gasteiger partial charge on any atom is 0.252 e. The maximum atomic E-state index is 15.2. The molecule has 7 nitrogen and oxygen atoms in total. The molecule has 0 radical (unpaired) electrons. The summed E-state index contributed by atoms with van der Waals surface area (Å²) in [5.74, 6) is -2.39. The van der Waals surface area contributed by atoms with Gasteiger partial charge >= 0.3 is 0 Å². The summed E-state index contributed by atoms with van der Waals surface area (Å²) in [5.41, 5.74) is 12.1. The second-order valence-electron chi connectivity index (χ2n) is 7.79. The van der Waals surface area contributed by atoms with Crippen molar-refractivity contribution in [1.82, 2.24) is 9.97 Å². The molecule has 9 heteroatoms. The van der Waals surface area contributed by atoms with Crippen LogP contribution in [0.15, 0.2) is 48.7 Å². The molecule has 1 aromatic carbocycles. The van der Waals surface area contributed by atoms with E-state index in [-0.39, 0.29) is 40.7 Å². The van der Waals surface area contributed by atoms with E-state index in [4.69, 9.17) is 11.5 Å². The van der Waals surface area contributed by atoms with Gasteiger partial charge in [0.05, 0.1) is 11.3 Å². The monoisotopic (exact) mass is 438 g/mol. The smallest absolute Gasteiger partial charge is 0.252 e. The molecule has 1 fully saturated rings. The molecule has 4 rings (SSSR count). The fourth-order valence-corrected chi connectivity index (χ4v) is 3.85. The lowest BCUT2D eigenvalue weighted by Crippen LogP contribution is -2.43. The average Bonchev–Trinajstić information content (AvgIpc) is 2.79. The zero-order valence-electron chi connectivity index (χ0n) is 17.3. The van der Waals surface area contributed by atoms with Gasteiger partial charge in [0.2, 0.25) is 0 Å². The Morgan fingerprint density at radius 1 is 1.06 bits per heavy atom. The molecule has 166 valence electrons. The first-order valence-corrected chi connectivity index (χ1v) is 10.4. The number of nitrogens with one attached hydrogen (secondary N) is 2. The third-order valence-electron chi connectivity index (χ3n) is 5.57. The lowest BCUT2D eigenvalue weighted by molar-refractivity contribution is 0.100. The molecular formula is C23H24F2N6O. The number of carbonyl (C=O) groups excluding carboxylic acids is 1. The predicted molar refractivity (Wildman–Crippen MR) is 119 cm³/mol. The van der Waals surface area contributed by atoms with Crippen molar-refractivity contribution in [2.24, 2.45) is 11.5 Å². The highest BCUT2D eigenvalue weighted by molar-refractivity contribution is 5.98. The van der Waals surface area contributed by atoms with Crippen LogP contribution >= 0.6 is 0 Å². The molecule has 6 N–H and O–H groups in total. The normalized spacial score (nSPS) is 18.2. The molecular weight excluding hydrogens is 414 g/mol. The first-order chi connectivity index (χ1) is 15.4. The van der Waals surface area contributed by atoms with Gasteiger partial charge in [0, 0.05) is 23.8 Å². The van der Waals surface area contributed by atoms with Crippen LogP contribution in [0.1, 0.15) is 36.0 Å². The van der Waals surface area contributed by atoms with Gasteiger partial charge < -0.3 is 22.1 Å². The highest BCUT2D eigenvalue weighted by Crippen LogP contribution is 2.30. The third-order valence-corrected chi connectivity index (χ3v) is 5.57. The number of carbonyl (C=O) groups is 1. The van der Waals surface area contributed by atoms with Gasteiger partial charge in [-0.05, 0) is 25.0 Å². The minimum atomic E-state index is -0.891. The number of rotatable bonds is 6. The van der Waals surface area contributed by atoms with E-state index in [0.717, 1.165) is 31.7 Å². The highest BCUT2D eigenvalue weighted by atomic mass is 19.1. The number of primary amides is 1. The fourth-order valence-electron chi connectivity index (χ4n) is 3.85. The molecule has 2 aromatic heterocycles. The van der Waals surface area contributed by atoms with Crippen LogP contribution in [0.5, 0.6) is 0 Å². The van der Waals surface area contributed by atoms with Gasteiger partial charge in [0.25, 0.3) is 5.91 Å². The van der Waals surface area contributed by atoms with Crippen LogP contribution in [-0.4, -0.2) is 28.0 Å².